The van der Waals surface area contributed by atoms with E-state index in [0.717, 1.165) is 5.56 Å². The number of rotatable bonds is 8. The number of ether oxygens (including phenoxy) is 4. The third-order valence-corrected chi connectivity index (χ3v) is 8.09. The number of hydrogen-bond acceptors (Lipinski definition) is 8. The van der Waals surface area contributed by atoms with Crippen molar-refractivity contribution in [3.63, 3.8) is 0 Å². The molecule has 216 valence electrons. The fraction of sp³-hybridized carbons (Fsp3) is 0.219. The lowest BCUT2D eigenvalue weighted by Crippen LogP contribution is -2.40. The summed E-state index contributed by atoms with van der Waals surface area (Å²) in [5.41, 5.74) is 3.50. The predicted molar refractivity (Wildman–Crippen MR) is 163 cm³/mol. The van der Waals surface area contributed by atoms with Gasteiger partial charge in [0.25, 0.3) is 11.5 Å². The van der Waals surface area contributed by atoms with Crippen LogP contribution < -0.4 is 39.2 Å². The molecule has 1 aliphatic heterocycles. The number of benzene rings is 3. The summed E-state index contributed by atoms with van der Waals surface area (Å²) >= 11 is 1.24. The molecule has 2 heterocycles. The first-order valence-electron chi connectivity index (χ1n) is 13.1. The van der Waals surface area contributed by atoms with E-state index in [2.05, 4.69) is 5.32 Å². The summed E-state index contributed by atoms with van der Waals surface area (Å²) in [5, 5.41) is 3.02. The van der Waals surface area contributed by atoms with E-state index in [1.54, 1.807) is 64.2 Å². The molecule has 1 amide bonds. The summed E-state index contributed by atoms with van der Waals surface area (Å²) in [6.07, 6.45) is 1.75. The second-order valence-corrected chi connectivity index (χ2v) is 10.6. The Hall–Kier alpha value is -4.83. The Bertz CT molecular complexity index is 1890. The fourth-order valence-corrected chi connectivity index (χ4v) is 6.06. The van der Waals surface area contributed by atoms with Gasteiger partial charge < -0.3 is 24.3 Å². The Balaban J connectivity index is 1.72. The molecule has 0 spiro atoms. The number of thiazole rings is 1. The average Bonchev–Trinajstić information content (AvgIpc) is 3.30. The van der Waals surface area contributed by atoms with Gasteiger partial charge in [-0.2, -0.15) is 0 Å². The fourth-order valence-electron chi connectivity index (χ4n) is 5.02. The van der Waals surface area contributed by atoms with Crippen LogP contribution in [0.15, 0.2) is 81.7 Å². The topological polar surface area (TPSA) is 100 Å². The maximum absolute atomic E-state index is 14.1. The number of fused-ring (bicyclic) bond motifs is 1. The van der Waals surface area contributed by atoms with Crippen molar-refractivity contribution in [3.05, 3.63) is 108 Å². The first kappa shape index (κ1) is 28.7. The number of allylic oxidation sites excluding steroid dienone is 1. The minimum absolute atomic E-state index is 0.294. The number of carbonyl (C=O) groups is 1. The van der Waals surface area contributed by atoms with Crippen LogP contribution in [0, 0.1) is 6.92 Å². The molecule has 0 saturated carbocycles. The van der Waals surface area contributed by atoms with E-state index in [1.807, 2.05) is 49.4 Å². The van der Waals surface area contributed by atoms with Crippen LogP contribution in [-0.4, -0.2) is 38.9 Å². The highest BCUT2D eigenvalue weighted by molar-refractivity contribution is 7.07. The molecule has 0 radical (unpaired) electrons. The van der Waals surface area contributed by atoms with Gasteiger partial charge in [0.2, 0.25) is 0 Å². The molecule has 0 saturated heterocycles. The predicted octanol–water partition coefficient (Wildman–Crippen LogP) is 4.22. The van der Waals surface area contributed by atoms with Crippen LogP contribution in [0.25, 0.3) is 6.08 Å². The Labute approximate surface area is 247 Å². The molecule has 4 aromatic rings. The molecule has 0 fully saturated rings. The van der Waals surface area contributed by atoms with Crippen LogP contribution in [0.1, 0.15) is 29.7 Å². The van der Waals surface area contributed by atoms with E-state index in [-0.39, 0.29) is 11.5 Å². The van der Waals surface area contributed by atoms with Gasteiger partial charge in [-0.15, -0.1) is 0 Å². The van der Waals surface area contributed by atoms with Crippen LogP contribution in [-0.2, 0) is 4.79 Å². The summed E-state index contributed by atoms with van der Waals surface area (Å²) < 4.78 is 24.0. The number of nitrogens with one attached hydrogen (secondary N) is 1. The SMILES string of the molecule is COc1ccc(C2C(C(=O)Nc3ccccc3C)=C(C)N=c3sc(=Cc4cccc(OC)c4OC)c(=O)n32)cc1OC. The molecule has 1 N–H and O–H groups in total. The van der Waals surface area contributed by atoms with Crippen LogP contribution in [0.3, 0.4) is 0 Å². The lowest BCUT2D eigenvalue weighted by molar-refractivity contribution is -0.113. The Kier molecular flexibility index (Phi) is 8.17. The zero-order chi connectivity index (χ0) is 30.0. The number of nitrogens with zero attached hydrogens (tertiary/aromatic N) is 2. The monoisotopic (exact) mass is 585 g/mol. The minimum Gasteiger partial charge on any atom is -0.493 e. The van der Waals surface area contributed by atoms with Gasteiger partial charge >= 0.3 is 0 Å². The number of hydrogen-bond donors (Lipinski definition) is 1. The number of carbonyl (C=O) groups excluding carboxylic acids is 1. The van der Waals surface area contributed by atoms with Crippen molar-refractivity contribution in [2.45, 2.75) is 19.9 Å². The van der Waals surface area contributed by atoms with Gasteiger partial charge in [-0.1, -0.05) is 47.7 Å². The molecule has 1 atom stereocenters. The minimum atomic E-state index is -0.778. The number of para-hydroxylation sites is 2. The highest BCUT2D eigenvalue weighted by Crippen LogP contribution is 2.36. The molecule has 9 nitrogen and oxygen atoms in total. The first-order valence-corrected chi connectivity index (χ1v) is 13.9. The summed E-state index contributed by atoms with van der Waals surface area (Å²) in [4.78, 5) is 33.3. The first-order chi connectivity index (χ1) is 20.3. The number of aryl methyl sites for hydroxylation is 1. The van der Waals surface area contributed by atoms with Gasteiger partial charge in [0.15, 0.2) is 27.8 Å². The average molecular weight is 586 g/mol. The summed E-state index contributed by atoms with van der Waals surface area (Å²) in [6.45, 7) is 3.70. The largest absolute Gasteiger partial charge is 0.493 e. The van der Waals surface area contributed by atoms with Crippen molar-refractivity contribution in [2.75, 3.05) is 33.8 Å². The number of aromatic nitrogens is 1. The second-order valence-electron chi connectivity index (χ2n) is 9.55. The normalized spacial score (nSPS) is 14.6. The Morgan fingerprint density at radius 1 is 0.905 bits per heavy atom. The quantitative estimate of drug-likeness (QED) is 0.333. The molecule has 0 aliphatic carbocycles. The van der Waals surface area contributed by atoms with Crippen molar-refractivity contribution >= 4 is 29.0 Å². The van der Waals surface area contributed by atoms with Crippen molar-refractivity contribution < 1.29 is 23.7 Å². The zero-order valence-corrected chi connectivity index (χ0v) is 25.0. The molecule has 42 heavy (non-hydrogen) atoms. The van der Waals surface area contributed by atoms with Gasteiger partial charge in [0.05, 0.1) is 50.3 Å². The van der Waals surface area contributed by atoms with Crippen molar-refractivity contribution in [2.24, 2.45) is 4.99 Å². The molecule has 1 aliphatic rings. The van der Waals surface area contributed by atoms with Gasteiger partial charge in [0, 0.05) is 11.3 Å². The van der Waals surface area contributed by atoms with Crippen molar-refractivity contribution in [1.29, 1.82) is 0 Å². The maximum Gasteiger partial charge on any atom is 0.271 e. The third kappa shape index (κ3) is 5.16. The highest BCUT2D eigenvalue weighted by Gasteiger charge is 2.33. The molecular weight excluding hydrogens is 554 g/mol. The third-order valence-electron chi connectivity index (χ3n) is 7.10. The van der Waals surface area contributed by atoms with Crippen molar-refractivity contribution in [3.8, 4) is 23.0 Å². The van der Waals surface area contributed by atoms with E-state index in [1.165, 1.54) is 11.3 Å². The zero-order valence-electron chi connectivity index (χ0n) is 24.2. The second kappa shape index (κ2) is 12.0. The molecule has 10 heteroatoms. The number of amides is 1. The lowest BCUT2D eigenvalue weighted by atomic mass is 9.94. The van der Waals surface area contributed by atoms with E-state index in [0.29, 0.717) is 60.4 Å². The molecule has 1 unspecified atom stereocenters. The lowest BCUT2D eigenvalue weighted by Gasteiger charge is -2.26. The summed E-state index contributed by atoms with van der Waals surface area (Å²) in [5.74, 6) is 1.72. The van der Waals surface area contributed by atoms with Crippen LogP contribution in [0.4, 0.5) is 5.69 Å². The maximum atomic E-state index is 14.1. The Morgan fingerprint density at radius 2 is 1.64 bits per heavy atom. The van der Waals surface area contributed by atoms with Crippen LogP contribution in [0.2, 0.25) is 0 Å². The smallest absolute Gasteiger partial charge is 0.271 e. The van der Waals surface area contributed by atoms with Gasteiger partial charge in [-0.3, -0.25) is 14.2 Å². The molecule has 5 rings (SSSR count). The van der Waals surface area contributed by atoms with E-state index >= 15 is 0 Å². The van der Waals surface area contributed by atoms with Crippen LogP contribution >= 0.6 is 11.3 Å². The number of anilines is 1. The molecule has 0 bridgehead atoms. The van der Waals surface area contributed by atoms with E-state index < -0.39 is 6.04 Å². The molecule has 1 aromatic heterocycles. The standard InChI is InChI=1S/C32H31N3O6S/c1-18-10-7-8-12-22(18)34-30(36)27-19(2)33-32-35(28(27)20-14-15-23(38-3)25(16-20)40-5)31(37)26(42-32)17-21-11-9-13-24(39-4)29(21)41-6/h7-17,28H,1-6H3,(H,34,36). The van der Waals surface area contributed by atoms with E-state index in [9.17, 15) is 9.59 Å². The molecular formula is C32H31N3O6S. The van der Waals surface area contributed by atoms with Gasteiger partial charge in [-0.25, -0.2) is 4.99 Å². The van der Waals surface area contributed by atoms with Crippen LogP contribution in [0.5, 0.6) is 23.0 Å². The Morgan fingerprint density at radius 3 is 2.33 bits per heavy atom. The van der Waals surface area contributed by atoms with E-state index in [4.69, 9.17) is 23.9 Å². The van der Waals surface area contributed by atoms with Crippen molar-refractivity contribution in [1.82, 2.24) is 4.57 Å². The summed E-state index contributed by atoms with van der Waals surface area (Å²) in [6, 6.07) is 17.6. The highest BCUT2D eigenvalue weighted by atomic mass is 32.1. The number of methoxy groups -OCH3 is 4. The molecule has 3 aromatic carbocycles. The van der Waals surface area contributed by atoms with Gasteiger partial charge in [-0.05, 0) is 55.3 Å². The van der Waals surface area contributed by atoms with Gasteiger partial charge in [0.1, 0.15) is 0 Å². The summed E-state index contributed by atoms with van der Waals surface area (Å²) in [7, 11) is 6.21.